The molecule has 1 unspecified atom stereocenters. The first kappa shape index (κ1) is 18.2. The van der Waals surface area contributed by atoms with Crippen LogP contribution in [0.1, 0.15) is 36.6 Å². The van der Waals surface area contributed by atoms with Crippen LogP contribution in [0.2, 0.25) is 0 Å². The second-order valence-corrected chi connectivity index (χ2v) is 6.41. The first-order chi connectivity index (χ1) is 12.3. The van der Waals surface area contributed by atoms with Gasteiger partial charge in [0.1, 0.15) is 5.75 Å². The largest absolute Gasteiger partial charge is 0.483 e. The van der Waals surface area contributed by atoms with Gasteiger partial charge in [-0.15, -0.1) is 0 Å². The predicted molar refractivity (Wildman–Crippen MR) is 89.6 cm³/mol. The van der Waals surface area contributed by atoms with Crippen LogP contribution in [-0.4, -0.2) is 23.7 Å². The molecule has 0 saturated heterocycles. The average molecular weight is 364 g/mol. The van der Waals surface area contributed by atoms with Gasteiger partial charge < -0.3 is 10.1 Å². The topological polar surface area (TPSA) is 51.2 Å². The van der Waals surface area contributed by atoms with Gasteiger partial charge in [0, 0.05) is 5.92 Å². The van der Waals surface area contributed by atoms with Crippen LogP contribution >= 0.6 is 0 Å². The van der Waals surface area contributed by atoms with E-state index >= 15 is 0 Å². The molecule has 1 fully saturated rings. The van der Waals surface area contributed by atoms with Gasteiger partial charge in [0.15, 0.2) is 6.61 Å². The fraction of sp³-hybridized carbons (Fsp3) is 0.368. The van der Waals surface area contributed by atoms with Crippen LogP contribution in [0.15, 0.2) is 48.7 Å². The fourth-order valence-corrected chi connectivity index (χ4v) is 2.85. The van der Waals surface area contributed by atoms with E-state index in [0.29, 0.717) is 5.69 Å². The summed E-state index contributed by atoms with van der Waals surface area (Å²) in [5.41, 5.74) is 1.72. The molecule has 4 nitrogen and oxygen atoms in total. The average Bonchev–Trinajstić information content (AvgIpc) is 3.41. The summed E-state index contributed by atoms with van der Waals surface area (Å²) in [6.07, 6.45) is -2.34. The molecule has 26 heavy (non-hydrogen) atoms. The third kappa shape index (κ3) is 4.74. The van der Waals surface area contributed by atoms with Crippen molar-refractivity contribution in [3.8, 4) is 5.75 Å². The predicted octanol–water partition coefficient (Wildman–Crippen LogP) is 4.00. The molecule has 1 aliphatic rings. The van der Waals surface area contributed by atoms with Gasteiger partial charge in [-0.25, -0.2) is 0 Å². The van der Waals surface area contributed by atoms with Crippen LogP contribution in [0, 0.1) is 5.92 Å². The summed E-state index contributed by atoms with van der Waals surface area (Å²) >= 11 is 0. The number of ether oxygens (including phenoxy) is 1. The third-order valence-corrected chi connectivity index (χ3v) is 4.32. The van der Waals surface area contributed by atoms with E-state index in [9.17, 15) is 18.0 Å². The van der Waals surface area contributed by atoms with Crippen molar-refractivity contribution in [2.45, 2.75) is 31.5 Å². The molecule has 3 rings (SSSR count). The lowest BCUT2D eigenvalue weighted by atomic mass is 10.1. The number of rotatable bonds is 6. The van der Waals surface area contributed by atoms with Crippen LogP contribution in [0.3, 0.4) is 0 Å². The van der Waals surface area contributed by atoms with E-state index in [1.807, 2.05) is 30.3 Å². The molecule has 1 N–H and O–H groups in total. The highest BCUT2D eigenvalue weighted by Crippen LogP contribution is 2.47. The molecule has 0 bridgehead atoms. The minimum absolute atomic E-state index is 0.0365. The Morgan fingerprint density at radius 1 is 1.27 bits per heavy atom. The van der Waals surface area contributed by atoms with E-state index in [1.54, 1.807) is 13.0 Å². The quantitative estimate of drug-likeness (QED) is 0.843. The van der Waals surface area contributed by atoms with Crippen molar-refractivity contribution in [3.05, 3.63) is 59.9 Å². The number of pyridine rings is 1. The Hall–Kier alpha value is -2.57. The lowest BCUT2D eigenvalue weighted by molar-refractivity contribution is -0.153. The number of nitrogens with one attached hydrogen (secondary N) is 1. The Kier molecular flexibility index (Phi) is 5.15. The van der Waals surface area contributed by atoms with Crippen molar-refractivity contribution in [1.82, 2.24) is 10.3 Å². The summed E-state index contributed by atoms with van der Waals surface area (Å²) in [5, 5.41) is 2.91. The summed E-state index contributed by atoms with van der Waals surface area (Å²) in [7, 11) is 0. The molecule has 138 valence electrons. The lowest BCUT2D eigenvalue weighted by Gasteiger charge is -2.14. The minimum Gasteiger partial charge on any atom is -0.483 e. The van der Waals surface area contributed by atoms with Crippen LogP contribution < -0.4 is 10.1 Å². The highest BCUT2D eigenvalue weighted by molar-refractivity contribution is 5.83. The molecule has 7 heteroatoms. The van der Waals surface area contributed by atoms with Gasteiger partial charge in [-0.2, -0.15) is 13.2 Å². The standard InChI is InChI=1S/C19H19F3N2O2/c1-12(17-8-7-14(10-23-17)26-11-19(20,21)22)24-18(25)16-9-15(16)13-5-3-2-4-6-13/h2-8,10,12,15-16H,9,11H2,1H3,(H,24,25)/t12-,15+,16?/m0/s1. The first-order valence-electron chi connectivity index (χ1n) is 8.34. The summed E-state index contributed by atoms with van der Waals surface area (Å²) in [6, 6.07) is 12.5. The van der Waals surface area contributed by atoms with Gasteiger partial charge in [-0.1, -0.05) is 30.3 Å². The van der Waals surface area contributed by atoms with E-state index < -0.39 is 12.8 Å². The van der Waals surface area contributed by atoms with Gasteiger partial charge in [-0.05, 0) is 37.0 Å². The van der Waals surface area contributed by atoms with Gasteiger partial charge in [0.25, 0.3) is 0 Å². The number of benzene rings is 1. The number of carbonyl (C=O) groups excluding carboxylic acids is 1. The first-order valence-corrected chi connectivity index (χ1v) is 8.34. The van der Waals surface area contributed by atoms with E-state index in [-0.39, 0.29) is 29.5 Å². The smallest absolute Gasteiger partial charge is 0.422 e. The number of nitrogens with zero attached hydrogens (tertiary/aromatic N) is 1. The number of amides is 1. The van der Waals surface area contributed by atoms with E-state index in [2.05, 4.69) is 15.0 Å². The monoisotopic (exact) mass is 364 g/mol. The molecule has 2 aromatic rings. The summed E-state index contributed by atoms with van der Waals surface area (Å²) < 4.78 is 41.0. The van der Waals surface area contributed by atoms with E-state index in [4.69, 9.17) is 0 Å². The Morgan fingerprint density at radius 2 is 2.00 bits per heavy atom. The molecule has 1 heterocycles. The minimum atomic E-state index is -4.39. The molecule has 0 spiro atoms. The zero-order chi connectivity index (χ0) is 18.7. The van der Waals surface area contributed by atoms with E-state index in [0.717, 1.165) is 12.0 Å². The SMILES string of the molecule is C[C@H](NC(=O)C1C[C@@H]1c1ccccc1)c1ccc(OCC(F)(F)F)cn1. The van der Waals surface area contributed by atoms with Crippen molar-refractivity contribution in [1.29, 1.82) is 0 Å². The number of carbonyl (C=O) groups is 1. The summed E-state index contributed by atoms with van der Waals surface area (Å²) in [5.74, 6) is 0.199. The second kappa shape index (κ2) is 7.35. The van der Waals surface area contributed by atoms with E-state index in [1.165, 1.54) is 12.3 Å². The molecular formula is C19H19F3N2O2. The maximum atomic E-state index is 12.4. The molecule has 1 amide bonds. The molecule has 3 atom stereocenters. The Balaban J connectivity index is 1.52. The molecule has 1 aromatic carbocycles. The fourth-order valence-electron chi connectivity index (χ4n) is 2.85. The van der Waals surface area contributed by atoms with Crippen molar-refractivity contribution < 1.29 is 22.7 Å². The Labute approximate surface area is 149 Å². The van der Waals surface area contributed by atoms with Crippen LogP contribution in [0.4, 0.5) is 13.2 Å². The van der Waals surface area contributed by atoms with Crippen LogP contribution in [0.5, 0.6) is 5.75 Å². The molecule has 1 aromatic heterocycles. The molecule has 1 aliphatic carbocycles. The normalized spacial score (nSPS) is 20.3. The second-order valence-electron chi connectivity index (χ2n) is 6.41. The number of aromatic nitrogens is 1. The van der Waals surface area contributed by atoms with Crippen LogP contribution in [-0.2, 0) is 4.79 Å². The third-order valence-electron chi connectivity index (χ3n) is 4.32. The zero-order valence-corrected chi connectivity index (χ0v) is 14.2. The number of hydrogen-bond donors (Lipinski definition) is 1. The number of halogens is 3. The van der Waals surface area contributed by atoms with Gasteiger partial charge in [0.05, 0.1) is 17.9 Å². The molecule has 0 aliphatic heterocycles. The maximum Gasteiger partial charge on any atom is 0.422 e. The lowest BCUT2D eigenvalue weighted by Crippen LogP contribution is -2.29. The van der Waals surface area contributed by atoms with Crippen LogP contribution in [0.25, 0.3) is 0 Å². The van der Waals surface area contributed by atoms with Gasteiger partial charge >= 0.3 is 6.18 Å². The van der Waals surface area contributed by atoms with Crippen molar-refractivity contribution in [2.24, 2.45) is 5.92 Å². The highest BCUT2D eigenvalue weighted by Gasteiger charge is 2.44. The van der Waals surface area contributed by atoms with Crippen molar-refractivity contribution in [3.63, 3.8) is 0 Å². The summed E-state index contributed by atoms with van der Waals surface area (Å²) in [6.45, 7) is 0.430. The Morgan fingerprint density at radius 3 is 2.62 bits per heavy atom. The molecule has 1 saturated carbocycles. The number of alkyl halides is 3. The highest BCUT2D eigenvalue weighted by atomic mass is 19.4. The van der Waals surface area contributed by atoms with Gasteiger partial charge in [-0.3, -0.25) is 9.78 Å². The molecular weight excluding hydrogens is 345 g/mol. The Bertz CT molecular complexity index is 748. The van der Waals surface area contributed by atoms with Crippen molar-refractivity contribution in [2.75, 3.05) is 6.61 Å². The number of hydrogen-bond acceptors (Lipinski definition) is 3. The maximum absolute atomic E-state index is 12.4. The summed E-state index contributed by atoms with van der Waals surface area (Å²) in [4.78, 5) is 16.4. The zero-order valence-electron chi connectivity index (χ0n) is 14.2. The molecule has 0 radical (unpaired) electrons. The van der Waals surface area contributed by atoms with Gasteiger partial charge in [0.2, 0.25) is 5.91 Å². The van der Waals surface area contributed by atoms with Crippen molar-refractivity contribution >= 4 is 5.91 Å².